The molecular formula is C15H12N4O4S. The highest BCUT2D eigenvalue weighted by Gasteiger charge is 2.16. The number of hydrogen-bond acceptors (Lipinski definition) is 7. The van der Waals surface area contributed by atoms with E-state index in [2.05, 4.69) is 14.1 Å². The number of amides is 1. The van der Waals surface area contributed by atoms with Gasteiger partial charge in [0.1, 0.15) is 11.0 Å². The first-order valence-electron chi connectivity index (χ1n) is 6.93. The van der Waals surface area contributed by atoms with Crippen LogP contribution in [0.5, 0.6) is 5.75 Å². The third-order valence-corrected chi connectivity index (χ3v) is 3.77. The summed E-state index contributed by atoms with van der Waals surface area (Å²) >= 11 is 1.05. The number of anilines is 1. The third-order valence-electron chi connectivity index (χ3n) is 3.23. The maximum Gasteiger partial charge on any atom is 0.311 e. The number of nitro benzene ring substituents is 1. The van der Waals surface area contributed by atoms with Crippen LogP contribution in [0.4, 0.5) is 11.4 Å². The van der Waals surface area contributed by atoms with Gasteiger partial charge < -0.3 is 10.1 Å². The third kappa shape index (κ3) is 3.30. The molecule has 2 aromatic carbocycles. The Bertz CT molecular complexity index is 925. The zero-order valence-electron chi connectivity index (χ0n) is 12.6. The van der Waals surface area contributed by atoms with Crippen molar-refractivity contribution in [3.63, 3.8) is 0 Å². The molecule has 1 aromatic heterocycles. The fourth-order valence-electron chi connectivity index (χ4n) is 2.13. The number of nitro groups is 1. The highest BCUT2D eigenvalue weighted by molar-refractivity contribution is 7.00. The van der Waals surface area contributed by atoms with Gasteiger partial charge in [-0.1, -0.05) is 12.1 Å². The molecule has 0 bridgehead atoms. The lowest BCUT2D eigenvalue weighted by Crippen LogP contribution is -2.20. The van der Waals surface area contributed by atoms with Crippen LogP contribution in [0.1, 0.15) is 5.56 Å². The Kier molecular flexibility index (Phi) is 4.34. The molecule has 8 nitrogen and oxygen atoms in total. The van der Waals surface area contributed by atoms with Gasteiger partial charge in [-0.2, -0.15) is 8.75 Å². The quantitative estimate of drug-likeness (QED) is 0.563. The zero-order chi connectivity index (χ0) is 17.1. The predicted octanol–water partition coefficient (Wildman–Crippen LogP) is 2.93. The monoisotopic (exact) mass is 344 g/mol. The molecule has 122 valence electrons. The van der Waals surface area contributed by atoms with Crippen LogP contribution in [0.3, 0.4) is 0 Å². The van der Waals surface area contributed by atoms with Crippen molar-refractivity contribution in [1.29, 1.82) is 0 Å². The summed E-state index contributed by atoms with van der Waals surface area (Å²) in [5.41, 5.74) is 2.37. The van der Waals surface area contributed by atoms with Crippen molar-refractivity contribution in [1.82, 2.24) is 8.75 Å². The lowest BCUT2D eigenvalue weighted by Gasteiger charge is -2.08. The molecule has 0 radical (unpaired) electrons. The summed E-state index contributed by atoms with van der Waals surface area (Å²) in [4.78, 5) is 22.5. The molecular weight excluding hydrogens is 332 g/mol. The maximum absolute atomic E-state index is 12.0. The van der Waals surface area contributed by atoms with Crippen molar-refractivity contribution in [2.24, 2.45) is 0 Å². The van der Waals surface area contributed by atoms with Gasteiger partial charge in [0.25, 0.3) is 5.91 Å². The summed E-state index contributed by atoms with van der Waals surface area (Å²) in [6, 6.07) is 9.81. The Hall–Kier alpha value is -3.07. The Labute approximate surface area is 140 Å². The van der Waals surface area contributed by atoms with E-state index < -0.39 is 10.8 Å². The zero-order valence-corrected chi connectivity index (χ0v) is 13.4. The number of aromatic nitrogens is 2. The molecule has 9 heteroatoms. The molecule has 0 saturated carbocycles. The molecule has 0 unspecified atom stereocenters. The van der Waals surface area contributed by atoms with E-state index in [1.165, 1.54) is 12.1 Å². The molecule has 3 aromatic rings. The van der Waals surface area contributed by atoms with Gasteiger partial charge in [0.05, 0.1) is 22.3 Å². The van der Waals surface area contributed by atoms with Crippen molar-refractivity contribution in [3.05, 3.63) is 52.1 Å². The van der Waals surface area contributed by atoms with Crippen LogP contribution < -0.4 is 10.1 Å². The summed E-state index contributed by atoms with van der Waals surface area (Å²) in [5, 5.41) is 13.7. The second-order valence-electron chi connectivity index (χ2n) is 5.00. The largest absolute Gasteiger partial charge is 0.477 e. The molecule has 24 heavy (non-hydrogen) atoms. The van der Waals surface area contributed by atoms with E-state index in [9.17, 15) is 14.9 Å². The van der Waals surface area contributed by atoms with Crippen LogP contribution in [-0.2, 0) is 4.79 Å². The van der Waals surface area contributed by atoms with Gasteiger partial charge in [0.15, 0.2) is 12.4 Å². The first-order chi connectivity index (χ1) is 11.5. The number of fused-ring (bicyclic) bond motifs is 1. The van der Waals surface area contributed by atoms with Crippen molar-refractivity contribution < 1.29 is 14.5 Å². The average molecular weight is 344 g/mol. The number of rotatable bonds is 5. The Morgan fingerprint density at radius 2 is 2.17 bits per heavy atom. The molecule has 1 N–H and O–H groups in total. The van der Waals surface area contributed by atoms with Gasteiger partial charge in [-0.05, 0) is 30.7 Å². The van der Waals surface area contributed by atoms with Gasteiger partial charge in [0, 0.05) is 6.07 Å². The van der Waals surface area contributed by atoms with Crippen LogP contribution in [0, 0.1) is 17.0 Å². The number of aryl methyl sites for hydroxylation is 1. The molecule has 0 aliphatic rings. The number of nitrogens with one attached hydrogen (secondary N) is 1. The smallest absolute Gasteiger partial charge is 0.311 e. The van der Waals surface area contributed by atoms with Gasteiger partial charge >= 0.3 is 5.69 Å². The number of carbonyl (C=O) groups is 1. The summed E-state index contributed by atoms with van der Waals surface area (Å²) in [5.74, 6) is -0.389. The number of nitrogens with zero attached hydrogens (tertiary/aromatic N) is 3. The van der Waals surface area contributed by atoms with Gasteiger partial charge in [-0.3, -0.25) is 14.9 Å². The Morgan fingerprint density at radius 3 is 2.96 bits per heavy atom. The molecule has 0 aliphatic carbocycles. The number of benzene rings is 2. The predicted molar refractivity (Wildman–Crippen MR) is 89.4 cm³/mol. The minimum Gasteiger partial charge on any atom is -0.477 e. The van der Waals surface area contributed by atoms with E-state index in [-0.39, 0.29) is 18.0 Å². The topological polar surface area (TPSA) is 107 Å². The second kappa shape index (κ2) is 6.59. The molecule has 3 rings (SSSR count). The first kappa shape index (κ1) is 15.8. The normalized spacial score (nSPS) is 10.5. The van der Waals surface area contributed by atoms with Crippen LogP contribution in [0.25, 0.3) is 11.0 Å². The van der Waals surface area contributed by atoms with Crippen LogP contribution in [-0.4, -0.2) is 26.2 Å². The highest BCUT2D eigenvalue weighted by Crippen LogP contribution is 2.27. The highest BCUT2D eigenvalue weighted by atomic mass is 32.1. The minimum absolute atomic E-state index is 0.0503. The molecule has 0 atom stereocenters. The fourth-order valence-corrected chi connectivity index (χ4v) is 2.68. The molecule has 0 spiro atoms. The average Bonchev–Trinajstić information content (AvgIpc) is 3.03. The molecule has 0 fully saturated rings. The van der Waals surface area contributed by atoms with Crippen LogP contribution in [0.2, 0.25) is 0 Å². The Morgan fingerprint density at radius 1 is 1.33 bits per heavy atom. The Balaban J connectivity index is 1.70. The van der Waals surface area contributed by atoms with Crippen LogP contribution in [0.15, 0.2) is 36.4 Å². The lowest BCUT2D eigenvalue weighted by atomic mass is 10.2. The SMILES string of the molecule is Cc1ccc(OCC(=O)Nc2cccc3nsnc23)c([N+](=O)[O-])c1. The first-order valence-corrected chi connectivity index (χ1v) is 7.66. The number of hydrogen-bond donors (Lipinski definition) is 1. The second-order valence-corrected chi connectivity index (χ2v) is 5.53. The standard InChI is InChI=1S/C15H12N4O4S/c1-9-5-6-13(12(7-9)19(21)22)23-8-14(20)16-10-3-2-4-11-15(10)18-24-17-11/h2-7H,8H2,1H3,(H,16,20). The molecule has 0 saturated heterocycles. The van der Waals surface area contributed by atoms with Crippen molar-refractivity contribution in [2.75, 3.05) is 11.9 Å². The van der Waals surface area contributed by atoms with E-state index in [0.717, 1.165) is 17.3 Å². The number of carbonyl (C=O) groups excluding carboxylic acids is 1. The lowest BCUT2D eigenvalue weighted by molar-refractivity contribution is -0.385. The van der Waals surface area contributed by atoms with Crippen molar-refractivity contribution >= 4 is 40.0 Å². The minimum atomic E-state index is -0.540. The summed E-state index contributed by atoms with van der Waals surface area (Å²) in [7, 11) is 0. The molecule has 1 amide bonds. The van der Waals surface area contributed by atoms with E-state index in [1.54, 1.807) is 31.2 Å². The fraction of sp³-hybridized carbons (Fsp3) is 0.133. The number of ether oxygens (including phenoxy) is 1. The summed E-state index contributed by atoms with van der Waals surface area (Å²) < 4.78 is 13.5. The molecule has 1 heterocycles. The van der Waals surface area contributed by atoms with Gasteiger partial charge in [-0.15, -0.1) is 0 Å². The van der Waals surface area contributed by atoms with E-state index >= 15 is 0 Å². The van der Waals surface area contributed by atoms with Gasteiger partial charge in [-0.25, -0.2) is 0 Å². The molecule has 0 aliphatic heterocycles. The van der Waals surface area contributed by atoms with Crippen molar-refractivity contribution in [3.8, 4) is 5.75 Å². The summed E-state index contributed by atoms with van der Waals surface area (Å²) in [6.07, 6.45) is 0. The van der Waals surface area contributed by atoms with Crippen molar-refractivity contribution in [2.45, 2.75) is 6.92 Å². The van der Waals surface area contributed by atoms with Gasteiger partial charge in [0.2, 0.25) is 0 Å². The van der Waals surface area contributed by atoms with Crippen LogP contribution >= 0.6 is 11.7 Å². The van der Waals surface area contributed by atoms with E-state index in [1.807, 2.05) is 0 Å². The van der Waals surface area contributed by atoms with E-state index in [0.29, 0.717) is 16.7 Å². The summed E-state index contributed by atoms with van der Waals surface area (Å²) in [6.45, 7) is 1.39. The van der Waals surface area contributed by atoms with E-state index in [4.69, 9.17) is 4.74 Å². The maximum atomic E-state index is 12.0.